The summed E-state index contributed by atoms with van der Waals surface area (Å²) in [6, 6.07) is 4.34. The summed E-state index contributed by atoms with van der Waals surface area (Å²) in [5.41, 5.74) is 0.487. The highest BCUT2D eigenvalue weighted by Gasteiger charge is 2.31. The molecule has 3 rings (SSSR count). The van der Waals surface area contributed by atoms with Crippen LogP contribution in [0.5, 0.6) is 5.75 Å². The van der Waals surface area contributed by atoms with Crippen molar-refractivity contribution in [2.45, 2.75) is 13.0 Å². The lowest BCUT2D eigenvalue weighted by molar-refractivity contribution is 0.101. The first-order valence-corrected chi connectivity index (χ1v) is 7.52. The second-order valence-corrected chi connectivity index (χ2v) is 5.90. The van der Waals surface area contributed by atoms with Crippen LogP contribution in [-0.4, -0.2) is 34.9 Å². The van der Waals surface area contributed by atoms with E-state index in [4.69, 9.17) is 4.74 Å². The standard InChI is InChI=1S/C15H13BrFN3O2/c1-9(21)10-5-18-15(19-6-10)20-7-12(8-20)22-14-4-11(17)2-3-13(14)16/h2-6,12H,7-8H2,1H3. The van der Waals surface area contributed by atoms with Gasteiger partial charge in [-0.15, -0.1) is 0 Å². The first kappa shape index (κ1) is 14.9. The molecule has 1 aromatic heterocycles. The second kappa shape index (κ2) is 6.00. The van der Waals surface area contributed by atoms with E-state index >= 15 is 0 Å². The van der Waals surface area contributed by atoms with Gasteiger partial charge in [-0.05, 0) is 35.0 Å². The third-order valence-electron chi connectivity index (χ3n) is 3.36. The van der Waals surface area contributed by atoms with Gasteiger partial charge in [0.15, 0.2) is 5.78 Å². The van der Waals surface area contributed by atoms with Crippen molar-refractivity contribution in [1.29, 1.82) is 0 Å². The predicted molar refractivity (Wildman–Crippen MR) is 82.8 cm³/mol. The molecular formula is C15H13BrFN3O2. The molecule has 0 unspecified atom stereocenters. The third kappa shape index (κ3) is 3.09. The average molecular weight is 366 g/mol. The number of rotatable bonds is 4. The van der Waals surface area contributed by atoms with Gasteiger partial charge in [0.1, 0.15) is 17.7 Å². The van der Waals surface area contributed by atoms with Crippen LogP contribution in [0.4, 0.5) is 10.3 Å². The summed E-state index contributed by atoms with van der Waals surface area (Å²) in [5.74, 6) is 0.644. The maximum atomic E-state index is 13.2. The van der Waals surface area contributed by atoms with Crippen molar-refractivity contribution in [3.8, 4) is 5.75 Å². The van der Waals surface area contributed by atoms with Gasteiger partial charge in [-0.3, -0.25) is 4.79 Å². The summed E-state index contributed by atoms with van der Waals surface area (Å²) in [4.78, 5) is 21.4. The highest BCUT2D eigenvalue weighted by Crippen LogP contribution is 2.29. The monoisotopic (exact) mass is 365 g/mol. The minimum Gasteiger partial charge on any atom is -0.485 e. The average Bonchev–Trinajstić information content (AvgIpc) is 2.46. The quantitative estimate of drug-likeness (QED) is 0.779. The van der Waals surface area contributed by atoms with Gasteiger partial charge < -0.3 is 9.64 Å². The van der Waals surface area contributed by atoms with Gasteiger partial charge in [-0.2, -0.15) is 0 Å². The SMILES string of the molecule is CC(=O)c1cnc(N2CC(Oc3cc(F)ccc3Br)C2)nc1. The molecule has 1 fully saturated rings. The van der Waals surface area contributed by atoms with Crippen molar-refractivity contribution in [1.82, 2.24) is 9.97 Å². The molecule has 0 N–H and O–H groups in total. The lowest BCUT2D eigenvalue weighted by Gasteiger charge is -2.39. The molecule has 0 spiro atoms. The number of hydrogen-bond donors (Lipinski definition) is 0. The summed E-state index contributed by atoms with van der Waals surface area (Å²) < 4.78 is 19.7. The van der Waals surface area contributed by atoms with Gasteiger partial charge in [0.05, 0.1) is 23.1 Å². The number of ether oxygens (including phenoxy) is 1. The molecule has 1 aliphatic heterocycles. The Morgan fingerprint density at radius 2 is 2.05 bits per heavy atom. The minimum absolute atomic E-state index is 0.0471. The Morgan fingerprint density at radius 1 is 1.36 bits per heavy atom. The van der Waals surface area contributed by atoms with E-state index in [9.17, 15) is 9.18 Å². The minimum atomic E-state index is -0.336. The topological polar surface area (TPSA) is 55.3 Å². The lowest BCUT2D eigenvalue weighted by Crippen LogP contribution is -2.54. The second-order valence-electron chi connectivity index (χ2n) is 5.05. The zero-order chi connectivity index (χ0) is 15.7. The summed E-state index contributed by atoms with van der Waals surface area (Å²) in [7, 11) is 0. The summed E-state index contributed by atoms with van der Waals surface area (Å²) in [6.45, 7) is 2.70. The first-order chi connectivity index (χ1) is 10.5. The fourth-order valence-corrected chi connectivity index (χ4v) is 2.43. The molecule has 114 valence electrons. The van der Waals surface area contributed by atoms with Gasteiger partial charge in [-0.25, -0.2) is 14.4 Å². The molecule has 7 heteroatoms. The fraction of sp³-hybridized carbons (Fsp3) is 0.267. The van der Waals surface area contributed by atoms with Crippen LogP contribution >= 0.6 is 15.9 Å². The van der Waals surface area contributed by atoms with Gasteiger partial charge in [0, 0.05) is 18.5 Å². The van der Waals surface area contributed by atoms with Gasteiger partial charge in [-0.1, -0.05) is 0 Å². The van der Waals surface area contributed by atoms with Crippen LogP contribution in [0.15, 0.2) is 35.1 Å². The number of halogens is 2. The number of benzene rings is 1. The number of ketones is 1. The van der Waals surface area contributed by atoms with Gasteiger partial charge in [0.25, 0.3) is 0 Å². The largest absolute Gasteiger partial charge is 0.485 e. The highest BCUT2D eigenvalue weighted by atomic mass is 79.9. The molecule has 1 aromatic carbocycles. The molecule has 22 heavy (non-hydrogen) atoms. The molecule has 2 heterocycles. The molecule has 2 aromatic rings. The van der Waals surface area contributed by atoms with Crippen LogP contribution in [0.25, 0.3) is 0 Å². The lowest BCUT2D eigenvalue weighted by atomic mass is 10.2. The molecule has 1 aliphatic rings. The van der Waals surface area contributed by atoms with Crippen LogP contribution in [0, 0.1) is 5.82 Å². The van der Waals surface area contributed by atoms with Crippen molar-refractivity contribution >= 4 is 27.7 Å². The third-order valence-corrected chi connectivity index (χ3v) is 4.02. The number of carbonyl (C=O) groups excluding carboxylic acids is 1. The van der Waals surface area contributed by atoms with E-state index in [-0.39, 0.29) is 17.7 Å². The number of aromatic nitrogens is 2. The van der Waals surface area contributed by atoms with E-state index in [0.717, 1.165) is 4.47 Å². The number of anilines is 1. The van der Waals surface area contributed by atoms with Crippen LogP contribution in [-0.2, 0) is 0 Å². The van der Waals surface area contributed by atoms with E-state index in [1.165, 1.54) is 31.5 Å². The van der Waals surface area contributed by atoms with Crippen molar-refractivity contribution in [3.63, 3.8) is 0 Å². The molecule has 5 nitrogen and oxygen atoms in total. The maximum Gasteiger partial charge on any atom is 0.225 e. The normalized spacial score (nSPS) is 14.6. The van der Waals surface area contributed by atoms with E-state index in [1.807, 2.05) is 4.90 Å². The van der Waals surface area contributed by atoms with E-state index in [2.05, 4.69) is 25.9 Å². The Bertz CT molecular complexity index is 702. The van der Waals surface area contributed by atoms with Crippen molar-refractivity contribution in [3.05, 3.63) is 46.4 Å². The summed E-state index contributed by atoms with van der Waals surface area (Å²) >= 11 is 3.33. The molecule has 0 radical (unpaired) electrons. The fourth-order valence-electron chi connectivity index (χ4n) is 2.09. The molecule has 0 atom stereocenters. The zero-order valence-corrected chi connectivity index (χ0v) is 13.4. The smallest absolute Gasteiger partial charge is 0.225 e. The number of Topliss-reactive ketones (excluding diaryl/α,β-unsaturated/α-hetero) is 1. The molecule has 0 amide bonds. The Balaban J connectivity index is 1.60. The van der Waals surface area contributed by atoms with Crippen LogP contribution in [0.2, 0.25) is 0 Å². The Morgan fingerprint density at radius 3 is 2.68 bits per heavy atom. The summed E-state index contributed by atoms with van der Waals surface area (Å²) in [6.07, 6.45) is 2.98. The number of carbonyl (C=O) groups is 1. The van der Waals surface area contributed by atoms with E-state index < -0.39 is 0 Å². The molecule has 0 saturated carbocycles. The highest BCUT2D eigenvalue weighted by molar-refractivity contribution is 9.10. The number of nitrogens with zero attached hydrogens (tertiary/aromatic N) is 3. The van der Waals surface area contributed by atoms with Crippen molar-refractivity contribution in [2.24, 2.45) is 0 Å². The Hall–Kier alpha value is -2.02. The van der Waals surface area contributed by atoms with Crippen molar-refractivity contribution in [2.75, 3.05) is 18.0 Å². The van der Waals surface area contributed by atoms with Crippen LogP contribution in [0.1, 0.15) is 17.3 Å². The van der Waals surface area contributed by atoms with Crippen LogP contribution in [0.3, 0.4) is 0 Å². The molecule has 1 saturated heterocycles. The number of hydrogen-bond acceptors (Lipinski definition) is 5. The van der Waals surface area contributed by atoms with E-state index in [1.54, 1.807) is 6.07 Å². The van der Waals surface area contributed by atoms with Gasteiger partial charge >= 0.3 is 0 Å². The maximum absolute atomic E-state index is 13.2. The summed E-state index contributed by atoms with van der Waals surface area (Å²) in [5, 5.41) is 0. The Kier molecular flexibility index (Phi) is 4.06. The van der Waals surface area contributed by atoms with Crippen molar-refractivity contribution < 1.29 is 13.9 Å². The molecular weight excluding hydrogens is 353 g/mol. The molecule has 0 bridgehead atoms. The predicted octanol–water partition coefficient (Wildman–Crippen LogP) is 2.85. The zero-order valence-electron chi connectivity index (χ0n) is 11.8. The van der Waals surface area contributed by atoms with E-state index in [0.29, 0.717) is 30.4 Å². The van der Waals surface area contributed by atoms with Crippen LogP contribution < -0.4 is 9.64 Å². The molecule has 0 aliphatic carbocycles. The van der Waals surface area contributed by atoms with Gasteiger partial charge in [0.2, 0.25) is 5.95 Å². The first-order valence-electron chi connectivity index (χ1n) is 6.72. The Labute approximate surface area is 135 Å².